The molecule has 186 valence electrons. The van der Waals surface area contributed by atoms with Crippen LogP contribution >= 0.6 is 0 Å². The van der Waals surface area contributed by atoms with E-state index in [0.29, 0.717) is 23.5 Å². The molecular formula is C27H26F2N4O3. The lowest BCUT2D eigenvalue weighted by Gasteiger charge is -2.34. The zero-order valence-corrected chi connectivity index (χ0v) is 19.6. The van der Waals surface area contributed by atoms with Crippen molar-refractivity contribution in [3.8, 4) is 11.4 Å². The molecule has 7 nitrogen and oxygen atoms in total. The average molecular weight is 493 g/mol. The molecule has 0 bridgehead atoms. The third-order valence-corrected chi connectivity index (χ3v) is 6.80. The van der Waals surface area contributed by atoms with Crippen LogP contribution in [0.25, 0.3) is 11.4 Å². The summed E-state index contributed by atoms with van der Waals surface area (Å²) in [4.78, 5) is 35.7. The fraction of sp³-hybridized carbons (Fsp3) is 0.333. The van der Waals surface area contributed by atoms with Gasteiger partial charge < -0.3 is 15.3 Å². The van der Waals surface area contributed by atoms with E-state index in [4.69, 9.17) is 0 Å². The van der Waals surface area contributed by atoms with Crippen LogP contribution in [0.5, 0.6) is 0 Å². The van der Waals surface area contributed by atoms with Crippen molar-refractivity contribution in [3.05, 3.63) is 82.2 Å². The molecule has 0 aliphatic carbocycles. The smallest absolute Gasteiger partial charge is 0.255 e. The second-order valence-corrected chi connectivity index (χ2v) is 9.18. The zero-order valence-electron chi connectivity index (χ0n) is 19.6. The number of halogens is 2. The van der Waals surface area contributed by atoms with Crippen LogP contribution in [0.15, 0.2) is 42.5 Å². The van der Waals surface area contributed by atoms with Crippen LogP contribution in [0.2, 0.25) is 0 Å². The van der Waals surface area contributed by atoms with E-state index in [1.165, 1.54) is 6.07 Å². The van der Waals surface area contributed by atoms with Crippen LogP contribution in [0.3, 0.4) is 0 Å². The van der Waals surface area contributed by atoms with Gasteiger partial charge in [0.15, 0.2) is 5.82 Å². The fourth-order valence-electron chi connectivity index (χ4n) is 4.92. The second kappa shape index (κ2) is 10.1. The molecule has 1 atom stereocenters. The standard InChI is InChI=1S/C27H26F2N4O3/c28-19-5-3-6-20(29)24(19)26-31-21(25-22(32-26)14-30-27(25)36)12-16-7-9-17(10-8-16)13-23(35)33-11-2-1-4-18(33)15-34/h3,5-10,18,34H,1-2,4,11-15H2,(H,30,36)/t18-/m0/s1. The molecule has 36 heavy (non-hydrogen) atoms. The van der Waals surface area contributed by atoms with Crippen LogP contribution in [0.4, 0.5) is 8.78 Å². The van der Waals surface area contributed by atoms with Crippen LogP contribution in [-0.2, 0) is 24.2 Å². The predicted octanol–water partition coefficient (Wildman–Crippen LogP) is 3.17. The van der Waals surface area contributed by atoms with E-state index < -0.39 is 11.6 Å². The Bertz CT molecular complexity index is 1290. The molecule has 1 saturated heterocycles. The van der Waals surface area contributed by atoms with Crippen molar-refractivity contribution in [2.24, 2.45) is 0 Å². The van der Waals surface area contributed by atoms with Crippen molar-refractivity contribution in [2.75, 3.05) is 13.2 Å². The minimum atomic E-state index is -0.774. The third kappa shape index (κ3) is 4.70. The van der Waals surface area contributed by atoms with Gasteiger partial charge in [-0.25, -0.2) is 18.7 Å². The summed E-state index contributed by atoms with van der Waals surface area (Å²) in [7, 11) is 0. The fourth-order valence-corrected chi connectivity index (χ4v) is 4.92. The van der Waals surface area contributed by atoms with Gasteiger partial charge in [-0.05, 0) is 42.5 Å². The number of aliphatic hydroxyl groups is 1. The van der Waals surface area contributed by atoms with Crippen LogP contribution < -0.4 is 5.32 Å². The van der Waals surface area contributed by atoms with Crippen LogP contribution in [-0.4, -0.2) is 51.0 Å². The number of nitrogens with zero attached hydrogens (tertiary/aromatic N) is 3. The lowest BCUT2D eigenvalue weighted by atomic mass is 10.00. The molecule has 2 aliphatic rings. The number of carbonyl (C=O) groups excluding carboxylic acids is 2. The number of nitrogens with one attached hydrogen (secondary N) is 1. The van der Waals surface area contributed by atoms with Crippen molar-refractivity contribution < 1.29 is 23.5 Å². The number of fused-ring (bicyclic) bond motifs is 1. The second-order valence-electron chi connectivity index (χ2n) is 9.18. The summed E-state index contributed by atoms with van der Waals surface area (Å²) in [5.41, 5.74) is 2.47. The number of aromatic nitrogens is 2. The lowest BCUT2D eigenvalue weighted by Crippen LogP contribution is -2.46. The Morgan fingerprint density at radius 2 is 1.75 bits per heavy atom. The first-order chi connectivity index (χ1) is 17.4. The molecule has 2 aromatic carbocycles. The van der Waals surface area contributed by atoms with E-state index in [2.05, 4.69) is 15.3 Å². The number of likely N-dealkylation sites (tertiary alicyclic amines) is 1. The highest BCUT2D eigenvalue weighted by molar-refractivity contribution is 5.99. The number of hydrogen-bond donors (Lipinski definition) is 2. The molecule has 1 aromatic heterocycles. The van der Waals surface area contributed by atoms with Gasteiger partial charge in [0, 0.05) is 13.0 Å². The van der Waals surface area contributed by atoms with E-state index >= 15 is 0 Å². The first-order valence-electron chi connectivity index (χ1n) is 12.0. The van der Waals surface area contributed by atoms with Gasteiger partial charge in [0.05, 0.1) is 48.1 Å². The highest BCUT2D eigenvalue weighted by Crippen LogP contribution is 2.28. The molecule has 1 fully saturated rings. The van der Waals surface area contributed by atoms with Gasteiger partial charge >= 0.3 is 0 Å². The van der Waals surface area contributed by atoms with E-state index in [0.717, 1.165) is 42.5 Å². The maximum Gasteiger partial charge on any atom is 0.255 e. The largest absolute Gasteiger partial charge is 0.394 e. The molecule has 2 aliphatic heterocycles. The zero-order chi connectivity index (χ0) is 25.2. The first-order valence-corrected chi connectivity index (χ1v) is 12.0. The monoisotopic (exact) mass is 492 g/mol. The van der Waals surface area contributed by atoms with Gasteiger partial charge in [-0.15, -0.1) is 0 Å². The minimum absolute atomic E-state index is 0.0108. The van der Waals surface area contributed by atoms with E-state index in [-0.39, 0.29) is 55.2 Å². The topological polar surface area (TPSA) is 95.4 Å². The Hall–Kier alpha value is -3.72. The van der Waals surface area contributed by atoms with Crippen molar-refractivity contribution in [3.63, 3.8) is 0 Å². The summed E-state index contributed by atoms with van der Waals surface area (Å²) in [6, 6.07) is 10.9. The molecule has 0 unspecified atom stereocenters. The molecule has 2 amide bonds. The highest BCUT2D eigenvalue weighted by atomic mass is 19.1. The van der Waals surface area contributed by atoms with Crippen molar-refractivity contribution in [2.45, 2.75) is 44.7 Å². The molecule has 0 spiro atoms. The molecule has 3 aromatic rings. The van der Waals surface area contributed by atoms with E-state index in [1.807, 2.05) is 24.3 Å². The summed E-state index contributed by atoms with van der Waals surface area (Å²) >= 11 is 0. The third-order valence-electron chi connectivity index (χ3n) is 6.80. The predicted molar refractivity (Wildman–Crippen MR) is 128 cm³/mol. The SMILES string of the molecule is O=C1NCc2nc(-c3c(F)cccc3F)nc(Cc3ccc(CC(=O)N4CCCC[C@H]4CO)cc3)c21. The van der Waals surface area contributed by atoms with Crippen molar-refractivity contribution in [1.29, 1.82) is 0 Å². The number of carbonyl (C=O) groups is 2. The van der Waals surface area contributed by atoms with Crippen LogP contribution in [0.1, 0.15) is 52.1 Å². The number of aliphatic hydroxyl groups excluding tert-OH is 1. The summed E-state index contributed by atoms with van der Waals surface area (Å²) in [6.45, 7) is 0.799. The molecule has 2 N–H and O–H groups in total. The summed E-state index contributed by atoms with van der Waals surface area (Å²) < 4.78 is 28.8. The van der Waals surface area contributed by atoms with E-state index in [1.54, 1.807) is 4.90 Å². The molecule has 9 heteroatoms. The quantitative estimate of drug-likeness (QED) is 0.551. The van der Waals surface area contributed by atoms with E-state index in [9.17, 15) is 23.5 Å². The summed E-state index contributed by atoms with van der Waals surface area (Å²) in [5.74, 6) is -1.97. The average Bonchev–Trinajstić information content (AvgIpc) is 3.26. The first kappa shape index (κ1) is 24.0. The Labute approximate surface area is 207 Å². The molecule has 3 heterocycles. The van der Waals surface area contributed by atoms with Crippen molar-refractivity contribution in [1.82, 2.24) is 20.2 Å². The van der Waals surface area contributed by atoms with Crippen LogP contribution in [0, 0.1) is 11.6 Å². The molecule has 5 rings (SSSR count). The maximum atomic E-state index is 14.4. The maximum absolute atomic E-state index is 14.4. The number of piperidine rings is 1. The summed E-state index contributed by atoms with van der Waals surface area (Å²) in [6.07, 6.45) is 3.26. The Balaban J connectivity index is 1.38. The van der Waals surface area contributed by atoms with Crippen molar-refractivity contribution >= 4 is 11.8 Å². The van der Waals surface area contributed by atoms with Gasteiger partial charge in [-0.2, -0.15) is 0 Å². The summed E-state index contributed by atoms with van der Waals surface area (Å²) in [5, 5.41) is 12.3. The number of rotatable bonds is 6. The van der Waals surface area contributed by atoms with Gasteiger partial charge in [0.25, 0.3) is 5.91 Å². The van der Waals surface area contributed by atoms with Gasteiger partial charge in [0.1, 0.15) is 11.6 Å². The van der Waals surface area contributed by atoms with Gasteiger partial charge in [-0.3, -0.25) is 9.59 Å². The molecular weight excluding hydrogens is 466 g/mol. The Kier molecular flexibility index (Phi) is 6.73. The Morgan fingerprint density at radius 3 is 2.47 bits per heavy atom. The lowest BCUT2D eigenvalue weighted by molar-refractivity contribution is -0.135. The Morgan fingerprint density at radius 1 is 1.03 bits per heavy atom. The minimum Gasteiger partial charge on any atom is -0.394 e. The van der Waals surface area contributed by atoms with Gasteiger partial charge in [0.2, 0.25) is 5.91 Å². The highest BCUT2D eigenvalue weighted by Gasteiger charge is 2.28. The normalized spacial score (nSPS) is 17.1. The number of hydrogen-bond acceptors (Lipinski definition) is 5. The number of amides is 2. The molecule has 0 saturated carbocycles. The van der Waals surface area contributed by atoms with Gasteiger partial charge in [-0.1, -0.05) is 30.3 Å². The molecule has 0 radical (unpaired) electrons. The number of benzene rings is 2.